The molecule has 0 aromatic heterocycles. The Kier molecular flexibility index (Phi) is 5.70. The first-order valence-corrected chi connectivity index (χ1v) is 6.15. The van der Waals surface area contributed by atoms with Crippen molar-refractivity contribution in [3.8, 4) is 0 Å². The van der Waals surface area contributed by atoms with E-state index in [4.69, 9.17) is 10.2 Å². The number of nitrogens with zero attached hydrogens (tertiary/aromatic N) is 1. The number of nitrogens with one attached hydrogen (secondary N) is 2. The van der Waals surface area contributed by atoms with Gasteiger partial charge in [0.25, 0.3) is 0 Å². The number of urea groups is 1. The van der Waals surface area contributed by atoms with Crippen LogP contribution in [0.2, 0.25) is 0 Å². The monoisotopic (exact) mass is 259 g/mol. The van der Waals surface area contributed by atoms with Crippen LogP contribution in [0, 0.1) is 0 Å². The molecule has 0 saturated heterocycles. The Morgan fingerprint density at radius 2 is 1.67 bits per heavy atom. The van der Waals surface area contributed by atoms with Crippen molar-refractivity contribution in [3.05, 3.63) is 0 Å². The van der Waals surface area contributed by atoms with E-state index in [-0.39, 0.29) is 24.7 Å². The molecule has 0 aromatic carbocycles. The average Bonchev–Trinajstić information content (AvgIpc) is 2.31. The summed E-state index contributed by atoms with van der Waals surface area (Å²) in [6.07, 6.45) is 2.01. The molecule has 104 valence electrons. The molecular weight excluding hydrogens is 238 g/mol. The van der Waals surface area contributed by atoms with Crippen LogP contribution in [0.5, 0.6) is 0 Å². The molecule has 1 fully saturated rings. The van der Waals surface area contributed by atoms with Gasteiger partial charge in [0.1, 0.15) is 0 Å². The van der Waals surface area contributed by atoms with E-state index < -0.39 is 6.09 Å². The van der Waals surface area contributed by atoms with E-state index in [1.807, 2.05) is 0 Å². The van der Waals surface area contributed by atoms with Gasteiger partial charge in [0.15, 0.2) is 0 Å². The molecule has 0 atom stereocenters. The summed E-state index contributed by atoms with van der Waals surface area (Å²) in [4.78, 5) is 23.6. The fourth-order valence-electron chi connectivity index (χ4n) is 2.09. The Balaban J connectivity index is 2.26. The second-order valence-corrected chi connectivity index (χ2v) is 4.59. The van der Waals surface area contributed by atoms with E-state index in [0.717, 1.165) is 25.7 Å². The zero-order chi connectivity index (χ0) is 13.5. The summed E-state index contributed by atoms with van der Waals surface area (Å²) < 4.78 is 0. The predicted octanol–water partition coefficient (Wildman–Crippen LogP) is 0.199. The summed E-state index contributed by atoms with van der Waals surface area (Å²) >= 11 is 0. The van der Waals surface area contributed by atoms with Crippen molar-refractivity contribution in [2.75, 3.05) is 20.2 Å². The smallest absolute Gasteiger partial charge is 0.404 e. The maximum Gasteiger partial charge on any atom is 0.404 e. The highest BCUT2D eigenvalue weighted by Gasteiger charge is 2.24. The van der Waals surface area contributed by atoms with Gasteiger partial charge in [-0.3, -0.25) is 0 Å². The van der Waals surface area contributed by atoms with Gasteiger partial charge in [-0.2, -0.15) is 0 Å². The summed E-state index contributed by atoms with van der Waals surface area (Å²) in [5, 5.41) is 22.7. The maximum atomic E-state index is 11.7. The number of aliphatic hydroxyl groups is 1. The molecule has 0 aromatic rings. The number of hydrogen-bond donors (Lipinski definition) is 4. The Hall–Kier alpha value is -1.50. The van der Waals surface area contributed by atoms with Crippen LogP contribution >= 0.6 is 0 Å². The number of carboxylic acid groups (broad SMARTS) is 1. The van der Waals surface area contributed by atoms with Crippen molar-refractivity contribution in [1.29, 1.82) is 0 Å². The molecule has 1 rings (SSSR count). The number of carbonyl (C=O) groups is 2. The third kappa shape index (κ3) is 4.79. The van der Waals surface area contributed by atoms with Crippen LogP contribution in [0.3, 0.4) is 0 Å². The minimum Gasteiger partial charge on any atom is -0.465 e. The maximum absolute atomic E-state index is 11.7. The van der Waals surface area contributed by atoms with E-state index in [0.29, 0.717) is 6.54 Å². The van der Waals surface area contributed by atoms with Gasteiger partial charge < -0.3 is 25.7 Å². The van der Waals surface area contributed by atoms with Crippen LogP contribution in [0.1, 0.15) is 25.7 Å². The second-order valence-electron chi connectivity index (χ2n) is 4.59. The Morgan fingerprint density at radius 3 is 2.11 bits per heavy atom. The fourth-order valence-corrected chi connectivity index (χ4v) is 2.09. The highest BCUT2D eigenvalue weighted by atomic mass is 16.4. The van der Waals surface area contributed by atoms with Crippen LogP contribution in [0.4, 0.5) is 9.59 Å². The summed E-state index contributed by atoms with van der Waals surface area (Å²) in [5.74, 6) is 0. The van der Waals surface area contributed by atoms with Crippen LogP contribution in [-0.2, 0) is 0 Å². The van der Waals surface area contributed by atoms with Crippen LogP contribution in [0.15, 0.2) is 0 Å². The van der Waals surface area contributed by atoms with Crippen molar-refractivity contribution >= 4 is 12.1 Å². The number of carbonyl (C=O) groups excluding carboxylic acids is 1. The van der Waals surface area contributed by atoms with Gasteiger partial charge in [0, 0.05) is 25.7 Å². The summed E-state index contributed by atoms with van der Waals surface area (Å²) in [5.41, 5.74) is 0. The lowest BCUT2D eigenvalue weighted by Gasteiger charge is -2.30. The second kappa shape index (κ2) is 7.05. The first-order chi connectivity index (χ1) is 8.52. The predicted molar refractivity (Wildman–Crippen MR) is 65.5 cm³/mol. The highest BCUT2D eigenvalue weighted by Crippen LogP contribution is 2.18. The summed E-state index contributed by atoms with van der Waals surface area (Å²) in [6, 6.07) is -0.116. The molecule has 18 heavy (non-hydrogen) atoms. The molecule has 1 saturated carbocycles. The average molecular weight is 259 g/mol. The first-order valence-electron chi connectivity index (χ1n) is 6.15. The lowest BCUT2D eigenvalue weighted by atomic mass is 9.91. The lowest BCUT2D eigenvalue weighted by molar-refractivity contribution is 0.176. The zero-order valence-electron chi connectivity index (χ0n) is 10.6. The number of amides is 3. The van der Waals surface area contributed by atoms with E-state index in [1.54, 1.807) is 7.05 Å². The SMILES string of the molecule is CN(CCO)C(=O)NC1CCC(NC(=O)O)CC1. The van der Waals surface area contributed by atoms with Gasteiger partial charge in [-0.1, -0.05) is 0 Å². The molecule has 0 radical (unpaired) electrons. The third-order valence-electron chi connectivity index (χ3n) is 3.16. The van der Waals surface area contributed by atoms with Gasteiger partial charge in [-0.15, -0.1) is 0 Å². The minimum absolute atomic E-state index is 0.00850. The van der Waals surface area contributed by atoms with Crippen molar-refractivity contribution in [1.82, 2.24) is 15.5 Å². The van der Waals surface area contributed by atoms with Crippen molar-refractivity contribution in [2.45, 2.75) is 37.8 Å². The summed E-state index contributed by atoms with van der Waals surface area (Å²) in [6.45, 7) is 0.251. The topological polar surface area (TPSA) is 102 Å². The van der Waals surface area contributed by atoms with Gasteiger partial charge >= 0.3 is 12.1 Å². The van der Waals surface area contributed by atoms with Crippen LogP contribution < -0.4 is 10.6 Å². The largest absolute Gasteiger partial charge is 0.465 e. The minimum atomic E-state index is -0.995. The number of aliphatic hydroxyl groups excluding tert-OH is 1. The number of rotatable bonds is 4. The Labute approximate surface area is 106 Å². The highest BCUT2D eigenvalue weighted by molar-refractivity contribution is 5.74. The van der Waals surface area contributed by atoms with Gasteiger partial charge in [-0.05, 0) is 25.7 Å². The molecule has 0 aliphatic heterocycles. The molecule has 0 heterocycles. The van der Waals surface area contributed by atoms with E-state index >= 15 is 0 Å². The standard InChI is InChI=1S/C11H21N3O4/c1-14(6-7-15)10(16)12-8-2-4-9(5-3-8)13-11(17)18/h8-9,13,15H,2-7H2,1H3,(H,12,16)(H,17,18). The van der Waals surface area contributed by atoms with Gasteiger partial charge in [0.2, 0.25) is 0 Å². The molecular formula is C11H21N3O4. The molecule has 0 spiro atoms. The summed E-state index contributed by atoms with van der Waals surface area (Å²) in [7, 11) is 1.63. The Morgan fingerprint density at radius 1 is 1.17 bits per heavy atom. The molecule has 4 N–H and O–H groups in total. The van der Waals surface area contributed by atoms with Crippen molar-refractivity contribution < 1.29 is 19.8 Å². The number of hydrogen-bond acceptors (Lipinski definition) is 3. The molecule has 1 aliphatic rings. The van der Waals surface area contributed by atoms with Gasteiger partial charge in [-0.25, -0.2) is 9.59 Å². The molecule has 7 nitrogen and oxygen atoms in total. The number of likely N-dealkylation sites (N-methyl/N-ethyl adjacent to an activating group) is 1. The Bertz CT molecular complexity index is 290. The zero-order valence-corrected chi connectivity index (χ0v) is 10.6. The van der Waals surface area contributed by atoms with Crippen molar-refractivity contribution in [3.63, 3.8) is 0 Å². The fraction of sp³-hybridized carbons (Fsp3) is 0.818. The van der Waals surface area contributed by atoms with Gasteiger partial charge in [0.05, 0.1) is 6.61 Å². The van der Waals surface area contributed by atoms with E-state index in [2.05, 4.69) is 10.6 Å². The molecule has 7 heteroatoms. The van der Waals surface area contributed by atoms with Crippen LogP contribution in [0.25, 0.3) is 0 Å². The molecule has 1 aliphatic carbocycles. The van der Waals surface area contributed by atoms with E-state index in [1.165, 1.54) is 4.90 Å². The normalized spacial score (nSPS) is 23.2. The van der Waals surface area contributed by atoms with Crippen LogP contribution in [-0.4, -0.2) is 59.5 Å². The molecule has 3 amide bonds. The van der Waals surface area contributed by atoms with E-state index in [9.17, 15) is 9.59 Å². The quantitative estimate of drug-likeness (QED) is 0.579. The lowest BCUT2D eigenvalue weighted by Crippen LogP contribution is -2.47. The molecule has 0 unspecified atom stereocenters. The third-order valence-corrected chi connectivity index (χ3v) is 3.16. The molecule has 0 bridgehead atoms. The van der Waals surface area contributed by atoms with Crippen molar-refractivity contribution in [2.24, 2.45) is 0 Å². The first kappa shape index (κ1) is 14.6.